The molecule has 0 aliphatic heterocycles. The van der Waals surface area contributed by atoms with Crippen LogP contribution in [0, 0.1) is 10.1 Å². The topological polar surface area (TPSA) is 129 Å². The summed E-state index contributed by atoms with van der Waals surface area (Å²) < 4.78 is 15.4. The van der Waals surface area contributed by atoms with Gasteiger partial charge in [-0.1, -0.05) is 0 Å². The molecule has 2 N–H and O–H groups in total. The van der Waals surface area contributed by atoms with Crippen LogP contribution in [-0.4, -0.2) is 37.6 Å². The summed E-state index contributed by atoms with van der Waals surface area (Å²) in [7, 11) is 2.92. The molecule has 0 fully saturated rings. The van der Waals surface area contributed by atoms with Gasteiger partial charge in [0.1, 0.15) is 5.75 Å². The van der Waals surface area contributed by atoms with Gasteiger partial charge >= 0.3 is 0 Å². The molecule has 0 spiro atoms. The number of non-ortho nitro benzene ring substituents is 1. The van der Waals surface area contributed by atoms with Crippen molar-refractivity contribution >= 4 is 17.5 Å². The van der Waals surface area contributed by atoms with Crippen LogP contribution < -0.4 is 25.1 Å². The Kier molecular flexibility index (Phi) is 6.53. The van der Waals surface area contributed by atoms with E-state index >= 15 is 0 Å². The Morgan fingerprint density at radius 2 is 1.67 bits per heavy atom. The van der Waals surface area contributed by atoms with Crippen LogP contribution in [0.3, 0.4) is 0 Å². The fraction of sp³-hybridized carbons (Fsp3) is 0.176. The number of hydrogen-bond acceptors (Lipinski definition) is 7. The smallest absolute Gasteiger partial charge is 0.276 e. The largest absolute Gasteiger partial charge is 0.493 e. The molecule has 2 aromatic carbocycles. The summed E-state index contributed by atoms with van der Waals surface area (Å²) in [5, 5.41) is 10.6. The number of nitrogens with zero attached hydrogens (tertiary/aromatic N) is 1. The first-order valence-electron chi connectivity index (χ1n) is 7.63. The predicted octanol–water partition coefficient (Wildman–Crippen LogP) is 1.45. The van der Waals surface area contributed by atoms with Gasteiger partial charge in [-0.05, 0) is 30.3 Å². The normalized spacial score (nSPS) is 9.85. The number of nitro benzene ring substituents is 1. The minimum absolute atomic E-state index is 0.0889. The Hall–Kier alpha value is -3.82. The first kappa shape index (κ1) is 19.5. The zero-order valence-corrected chi connectivity index (χ0v) is 14.6. The molecule has 2 amide bonds. The summed E-state index contributed by atoms with van der Waals surface area (Å²) in [4.78, 5) is 33.8. The Labute approximate surface area is 154 Å². The summed E-state index contributed by atoms with van der Waals surface area (Å²) in [6.45, 7) is -0.385. The van der Waals surface area contributed by atoms with Gasteiger partial charge in [0.15, 0.2) is 18.1 Å². The van der Waals surface area contributed by atoms with Crippen molar-refractivity contribution < 1.29 is 28.7 Å². The second kappa shape index (κ2) is 9.04. The highest BCUT2D eigenvalue weighted by Crippen LogP contribution is 2.27. The summed E-state index contributed by atoms with van der Waals surface area (Å²) in [6, 6.07) is 9.79. The maximum Gasteiger partial charge on any atom is 0.276 e. The van der Waals surface area contributed by atoms with E-state index in [0.29, 0.717) is 11.5 Å². The molecule has 27 heavy (non-hydrogen) atoms. The van der Waals surface area contributed by atoms with Gasteiger partial charge in [0.05, 0.1) is 19.1 Å². The van der Waals surface area contributed by atoms with Crippen molar-refractivity contribution in [3.63, 3.8) is 0 Å². The number of amides is 2. The standard InChI is InChI=1S/C17H17N3O7/c1-25-14-8-3-11(9-15(14)26-2)17(22)19-18-16(21)10-27-13-6-4-12(5-7-13)20(23)24/h3-9H,10H2,1-2H3,(H,18,21)(H,19,22). The lowest BCUT2D eigenvalue weighted by Gasteiger charge is -2.11. The predicted molar refractivity (Wildman–Crippen MR) is 93.7 cm³/mol. The van der Waals surface area contributed by atoms with Crippen LogP contribution in [0.1, 0.15) is 10.4 Å². The zero-order valence-electron chi connectivity index (χ0n) is 14.6. The fourth-order valence-corrected chi connectivity index (χ4v) is 2.03. The molecule has 0 aromatic heterocycles. The van der Waals surface area contributed by atoms with Crippen LogP contribution in [0.4, 0.5) is 5.69 Å². The average Bonchev–Trinajstić information content (AvgIpc) is 2.70. The number of nitro groups is 1. The van der Waals surface area contributed by atoms with Gasteiger partial charge < -0.3 is 14.2 Å². The molecule has 10 nitrogen and oxygen atoms in total. The molecule has 0 bridgehead atoms. The molecule has 0 heterocycles. The molecular weight excluding hydrogens is 358 g/mol. The second-order valence-electron chi connectivity index (χ2n) is 5.11. The van der Waals surface area contributed by atoms with Crippen LogP contribution in [0.5, 0.6) is 17.2 Å². The molecule has 142 valence electrons. The van der Waals surface area contributed by atoms with E-state index in [-0.39, 0.29) is 23.6 Å². The zero-order chi connectivity index (χ0) is 19.8. The molecular formula is C17H17N3O7. The van der Waals surface area contributed by atoms with E-state index in [4.69, 9.17) is 14.2 Å². The molecule has 2 rings (SSSR count). The summed E-state index contributed by atoms with van der Waals surface area (Å²) in [6.07, 6.45) is 0. The van der Waals surface area contributed by atoms with E-state index in [1.54, 1.807) is 6.07 Å². The Morgan fingerprint density at radius 3 is 2.26 bits per heavy atom. The van der Waals surface area contributed by atoms with Crippen LogP contribution in [-0.2, 0) is 4.79 Å². The number of hydrazine groups is 1. The van der Waals surface area contributed by atoms with Gasteiger partial charge in [0, 0.05) is 17.7 Å². The first-order chi connectivity index (χ1) is 12.9. The number of benzene rings is 2. The lowest BCUT2D eigenvalue weighted by atomic mass is 10.2. The highest BCUT2D eigenvalue weighted by molar-refractivity contribution is 5.96. The van der Waals surface area contributed by atoms with Crippen molar-refractivity contribution in [1.29, 1.82) is 0 Å². The lowest BCUT2D eigenvalue weighted by Crippen LogP contribution is -2.43. The first-order valence-corrected chi connectivity index (χ1v) is 7.63. The van der Waals surface area contributed by atoms with Crippen molar-refractivity contribution in [2.24, 2.45) is 0 Å². The summed E-state index contributed by atoms with van der Waals surface area (Å²) in [5.74, 6) is -0.0450. The molecule has 0 aliphatic rings. The van der Waals surface area contributed by atoms with Gasteiger partial charge in [-0.3, -0.25) is 30.6 Å². The third kappa shape index (κ3) is 5.33. The number of hydrogen-bond donors (Lipinski definition) is 2. The van der Waals surface area contributed by atoms with Gasteiger partial charge in [-0.2, -0.15) is 0 Å². The van der Waals surface area contributed by atoms with Crippen LogP contribution in [0.2, 0.25) is 0 Å². The highest BCUT2D eigenvalue weighted by atomic mass is 16.6. The third-order valence-corrected chi connectivity index (χ3v) is 3.38. The molecule has 0 atom stereocenters. The molecule has 10 heteroatoms. The molecule has 2 aromatic rings. The SMILES string of the molecule is COc1ccc(C(=O)NNC(=O)COc2ccc([N+](=O)[O-])cc2)cc1OC. The highest BCUT2D eigenvalue weighted by Gasteiger charge is 2.12. The van der Waals surface area contributed by atoms with Crippen molar-refractivity contribution in [2.75, 3.05) is 20.8 Å². The average molecular weight is 375 g/mol. The van der Waals surface area contributed by atoms with E-state index in [9.17, 15) is 19.7 Å². The van der Waals surface area contributed by atoms with Gasteiger partial charge in [0.2, 0.25) is 0 Å². The quantitative estimate of drug-likeness (QED) is 0.553. The maximum atomic E-state index is 12.1. The summed E-state index contributed by atoms with van der Waals surface area (Å²) in [5.41, 5.74) is 4.61. The molecule has 0 saturated heterocycles. The van der Waals surface area contributed by atoms with Crippen molar-refractivity contribution in [3.05, 3.63) is 58.1 Å². The van der Waals surface area contributed by atoms with Gasteiger partial charge in [-0.25, -0.2) is 0 Å². The summed E-state index contributed by atoms with van der Waals surface area (Å²) >= 11 is 0. The number of ether oxygens (including phenoxy) is 3. The van der Waals surface area contributed by atoms with E-state index in [1.807, 2.05) is 0 Å². The van der Waals surface area contributed by atoms with Gasteiger partial charge in [-0.15, -0.1) is 0 Å². The van der Waals surface area contributed by atoms with Crippen LogP contribution in [0.15, 0.2) is 42.5 Å². The fourth-order valence-electron chi connectivity index (χ4n) is 2.03. The minimum Gasteiger partial charge on any atom is -0.493 e. The maximum absolute atomic E-state index is 12.1. The van der Waals surface area contributed by atoms with E-state index in [1.165, 1.54) is 50.6 Å². The molecule has 0 saturated carbocycles. The van der Waals surface area contributed by atoms with Crippen molar-refractivity contribution in [1.82, 2.24) is 10.9 Å². The van der Waals surface area contributed by atoms with Crippen LogP contribution in [0.25, 0.3) is 0 Å². The minimum atomic E-state index is -0.609. The Bertz CT molecular complexity index is 837. The molecule has 0 aliphatic carbocycles. The number of rotatable bonds is 7. The van der Waals surface area contributed by atoms with Crippen molar-refractivity contribution in [3.8, 4) is 17.2 Å². The Balaban J connectivity index is 1.84. The number of methoxy groups -OCH3 is 2. The van der Waals surface area contributed by atoms with E-state index in [2.05, 4.69) is 10.9 Å². The third-order valence-electron chi connectivity index (χ3n) is 3.38. The van der Waals surface area contributed by atoms with Crippen molar-refractivity contribution in [2.45, 2.75) is 0 Å². The second-order valence-corrected chi connectivity index (χ2v) is 5.11. The van der Waals surface area contributed by atoms with E-state index in [0.717, 1.165) is 0 Å². The number of nitrogens with one attached hydrogen (secondary N) is 2. The lowest BCUT2D eigenvalue weighted by molar-refractivity contribution is -0.384. The molecule has 0 unspecified atom stereocenters. The van der Waals surface area contributed by atoms with E-state index < -0.39 is 16.7 Å². The Morgan fingerprint density at radius 1 is 1.00 bits per heavy atom. The van der Waals surface area contributed by atoms with Crippen LogP contribution >= 0.6 is 0 Å². The monoisotopic (exact) mass is 375 g/mol. The molecule has 0 radical (unpaired) electrons. The number of carbonyl (C=O) groups excluding carboxylic acids is 2. The number of carbonyl (C=O) groups is 2. The van der Waals surface area contributed by atoms with Gasteiger partial charge in [0.25, 0.3) is 17.5 Å².